The fourth-order valence-electron chi connectivity index (χ4n) is 1.72. The van der Waals surface area contributed by atoms with Gasteiger partial charge in [-0.25, -0.2) is 0 Å². The van der Waals surface area contributed by atoms with E-state index in [-0.39, 0.29) is 5.78 Å². The van der Waals surface area contributed by atoms with Gasteiger partial charge in [0.15, 0.2) is 5.78 Å². The van der Waals surface area contributed by atoms with Crippen LogP contribution >= 0.6 is 0 Å². The number of carbonyl (C=O) groups is 1. The van der Waals surface area contributed by atoms with E-state index < -0.39 is 0 Å². The van der Waals surface area contributed by atoms with Crippen LogP contribution in [0.25, 0.3) is 0 Å². The Morgan fingerprint density at radius 2 is 1.94 bits per heavy atom. The lowest BCUT2D eigenvalue weighted by Gasteiger charge is -2.07. The molecule has 0 aliphatic heterocycles. The number of carbonyl (C=O) groups excluding carboxylic acids is 1. The zero-order valence-electron chi connectivity index (χ0n) is 9.44. The van der Waals surface area contributed by atoms with Crippen LogP contribution in [0.5, 0.6) is 0 Å². The second kappa shape index (κ2) is 4.78. The molecule has 0 amide bonds. The van der Waals surface area contributed by atoms with Gasteiger partial charge in [0.25, 0.3) is 0 Å². The molecule has 2 aliphatic rings. The van der Waals surface area contributed by atoms with Crippen molar-refractivity contribution in [2.24, 2.45) is 5.73 Å². The zero-order chi connectivity index (χ0) is 12.3. The van der Waals surface area contributed by atoms with Crippen LogP contribution in [0.15, 0.2) is 59.4 Å². The molecule has 2 aliphatic carbocycles. The van der Waals surface area contributed by atoms with Crippen LogP contribution in [0.3, 0.4) is 0 Å². The summed E-state index contributed by atoms with van der Waals surface area (Å²) in [5, 5.41) is 7.42. The highest BCUT2D eigenvalue weighted by molar-refractivity contribution is 5.95. The Balaban J connectivity index is 2.09. The Morgan fingerprint density at radius 3 is 2.59 bits per heavy atom. The average Bonchev–Trinajstić information content (AvgIpc) is 2.27. The molecule has 0 heterocycles. The van der Waals surface area contributed by atoms with Crippen LogP contribution in [0.1, 0.15) is 12.8 Å². The summed E-state index contributed by atoms with van der Waals surface area (Å²) >= 11 is 0. The maximum atomic E-state index is 11.3. The summed E-state index contributed by atoms with van der Waals surface area (Å²) in [6, 6.07) is 0. The molecule has 0 unspecified atom stereocenters. The molecule has 0 fully saturated rings. The second-order valence-corrected chi connectivity index (χ2v) is 4.11. The molecular weight excluding hydrogens is 212 g/mol. The first kappa shape index (κ1) is 11.3. The third-order valence-electron chi connectivity index (χ3n) is 2.56. The molecule has 0 radical (unpaired) electrons. The van der Waals surface area contributed by atoms with E-state index in [2.05, 4.69) is 0 Å². The van der Waals surface area contributed by atoms with E-state index in [9.17, 15) is 4.79 Å². The minimum atomic E-state index is 0.0413. The minimum Gasteiger partial charge on any atom is -0.402 e. The highest BCUT2D eigenvalue weighted by Crippen LogP contribution is 2.15. The van der Waals surface area contributed by atoms with E-state index in [1.807, 2.05) is 30.4 Å². The SMILES string of the molecule is N=C1C=CC(C=CC2=CC(=O)CC(N)=C2)=CC1. The number of rotatable bonds is 2. The molecule has 0 aromatic carbocycles. The van der Waals surface area contributed by atoms with Gasteiger partial charge in [-0.1, -0.05) is 24.3 Å². The first-order valence-corrected chi connectivity index (χ1v) is 5.48. The molecule has 0 aromatic heterocycles. The number of nitrogens with one attached hydrogen (secondary N) is 1. The summed E-state index contributed by atoms with van der Waals surface area (Å²) in [6.07, 6.45) is 13.8. The number of nitrogens with two attached hydrogens (primary N) is 1. The van der Waals surface area contributed by atoms with E-state index in [0.717, 1.165) is 11.1 Å². The number of allylic oxidation sites excluding steroid dienone is 10. The van der Waals surface area contributed by atoms with Gasteiger partial charge in [0, 0.05) is 17.8 Å². The van der Waals surface area contributed by atoms with Crippen molar-refractivity contribution in [2.45, 2.75) is 12.8 Å². The molecule has 86 valence electrons. The molecule has 3 heteroatoms. The standard InChI is InChI=1S/C14H14N2O/c15-12-5-3-10(4-6-12)1-2-11-7-13(16)9-14(17)8-11/h1-5,7-8,15H,6,9,16H2. The predicted octanol–water partition coefficient (Wildman–Crippen LogP) is 2.19. The molecule has 0 aromatic rings. The summed E-state index contributed by atoms with van der Waals surface area (Å²) < 4.78 is 0. The highest BCUT2D eigenvalue weighted by Gasteiger charge is 2.07. The van der Waals surface area contributed by atoms with Crippen molar-refractivity contribution < 1.29 is 4.79 Å². The van der Waals surface area contributed by atoms with Crippen LogP contribution in [0.4, 0.5) is 0 Å². The first-order valence-electron chi connectivity index (χ1n) is 5.48. The normalized spacial score (nSPS) is 20.4. The van der Waals surface area contributed by atoms with E-state index >= 15 is 0 Å². The maximum absolute atomic E-state index is 11.3. The third kappa shape index (κ3) is 3.14. The lowest BCUT2D eigenvalue weighted by Crippen LogP contribution is -2.08. The molecular formula is C14H14N2O. The molecule has 3 nitrogen and oxygen atoms in total. The molecule has 0 spiro atoms. The maximum Gasteiger partial charge on any atom is 0.162 e. The van der Waals surface area contributed by atoms with Crippen LogP contribution < -0.4 is 5.73 Å². The van der Waals surface area contributed by atoms with Crippen LogP contribution in [0, 0.1) is 5.41 Å². The molecule has 0 saturated carbocycles. The number of ketones is 1. The van der Waals surface area contributed by atoms with Gasteiger partial charge in [-0.05, 0) is 29.4 Å². The van der Waals surface area contributed by atoms with E-state index in [1.54, 1.807) is 12.2 Å². The van der Waals surface area contributed by atoms with Gasteiger partial charge in [-0.2, -0.15) is 0 Å². The van der Waals surface area contributed by atoms with Crippen LogP contribution in [0.2, 0.25) is 0 Å². The summed E-state index contributed by atoms with van der Waals surface area (Å²) in [7, 11) is 0. The van der Waals surface area contributed by atoms with Crippen molar-refractivity contribution in [2.75, 3.05) is 0 Å². The van der Waals surface area contributed by atoms with Crippen LogP contribution in [-0.2, 0) is 4.79 Å². The van der Waals surface area contributed by atoms with Gasteiger partial charge in [0.2, 0.25) is 0 Å². The van der Waals surface area contributed by atoms with Gasteiger partial charge in [0.05, 0.1) is 6.42 Å². The summed E-state index contributed by atoms with van der Waals surface area (Å²) in [6.45, 7) is 0. The largest absolute Gasteiger partial charge is 0.402 e. The quantitative estimate of drug-likeness (QED) is 0.757. The molecule has 3 N–H and O–H groups in total. The fourth-order valence-corrected chi connectivity index (χ4v) is 1.72. The summed E-state index contributed by atoms with van der Waals surface area (Å²) in [5.41, 5.74) is 8.74. The monoisotopic (exact) mass is 226 g/mol. The van der Waals surface area contributed by atoms with Crippen molar-refractivity contribution in [1.82, 2.24) is 0 Å². The molecule has 0 atom stereocenters. The van der Waals surface area contributed by atoms with Gasteiger partial charge in [-0.3, -0.25) is 4.79 Å². The molecule has 0 bridgehead atoms. The lowest BCUT2D eigenvalue weighted by molar-refractivity contribution is -0.114. The zero-order valence-corrected chi connectivity index (χ0v) is 9.44. The van der Waals surface area contributed by atoms with Gasteiger partial charge in [-0.15, -0.1) is 0 Å². The van der Waals surface area contributed by atoms with Gasteiger partial charge >= 0.3 is 0 Å². The molecule has 0 saturated heterocycles. The van der Waals surface area contributed by atoms with E-state index in [1.165, 1.54) is 0 Å². The Kier molecular flexibility index (Phi) is 3.19. The summed E-state index contributed by atoms with van der Waals surface area (Å²) in [5.74, 6) is 0.0413. The van der Waals surface area contributed by atoms with Gasteiger partial charge in [0.1, 0.15) is 0 Å². The third-order valence-corrected chi connectivity index (χ3v) is 2.56. The van der Waals surface area contributed by atoms with E-state index in [4.69, 9.17) is 11.1 Å². The topological polar surface area (TPSA) is 66.9 Å². The Hall–Kier alpha value is -2.16. The summed E-state index contributed by atoms with van der Waals surface area (Å²) in [4.78, 5) is 11.3. The fraction of sp³-hybridized carbons (Fsp3) is 0.143. The first-order chi connectivity index (χ1) is 8.13. The van der Waals surface area contributed by atoms with Crippen LogP contribution in [-0.4, -0.2) is 11.5 Å². The van der Waals surface area contributed by atoms with Crippen molar-refractivity contribution >= 4 is 11.5 Å². The van der Waals surface area contributed by atoms with Gasteiger partial charge < -0.3 is 11.1 Å². The van der Waals surface area contributed by atoms with Crippen molar-refractivity contribution in [1.29, 1.82) is 5.41 Å². The lowest BCUT2D eigenvalue weighted by atomic mass is 10.0. The molecule has 17 heavy (non-hydrogen) atoms. The highest BCUT2D eigenvalue weighted by atomic mass is 16.1. The van der Waals surface area contributed by atoms with Crippen molar-refractivity contribution in [3.05, 3.63) is 59.4 Å². The van der Waals surface area contributed by atoms with Crippen molar-refractivity contribution in [3.63, 3.8) is 0 Å². The Bertz CT molecular complexity index is 516. The Morgan fingerprint density at radius 1 is 1.18 bits per heavy atom. The van der Waals surface area contributed by atoms with Crippen molar-refractivity contribution in [3.8, 4) is 0 Å². The Labute approximate surface area is 100 Å². The molecule has 2 rings (SSSR count). The number of hydrogen-bond donors (Lipinski definition) is 2. The number of hydrogen-bond acceptors (Lipinski definition) is 3. The average molecular weight is 226 g/mol. The van der Waals surface area contributed by atoms with E-state index in [0.29, 0.717) is 24.3 Å². The minimum absolute atomic E-state index is 0.0413. The smallest absolute Gasteiger partial charge is 0.162 e. The second-order valence-electron chi connectivity index (χ2n) is 4.11. The predicted molar refractivity (Wildman–Crippen MR) is 68.7 cm³/mol.